The molecule has 0 unspecified atom stereocenters. The number of benzene rings is 1. The van der Waals surface area contributed by atoms with Crippen molar-refractivity contribution in [1.82, 2.24) is 9.88 Å². The minimum absolute atomic E-state index is 0.0896. The van der Waals surface area contributed by atoms with Crippen LogP contribution in [0.1, 0.15) is 27.7 Å². The molecule has 0 bridgehead atoms. The second kappa shape index (κ2) is 5.79. The van der Waals surface area contributed by atoms with Crippen LogP contribution in [-0.2, 0) is 7.05 Å². The largest absolute Gasteiger partial charge is 0.508 e. The molecule has 3 N–H and O–H groups in total. The van der Waals surface area contributed by atoms with E-state index < -0.39 is 6.10 Å². The van der Waals surface area contributed by atoms with Gasteiger partial charge in [-0.25, -0.2) is 0 Å². The number of nitrogens with zero attached hydrogens (tertiary/aromatic N) is 1. The van der Waals surface area contributed by atoms with E-state index in [1.807, 2.05) is 24.7 Å². The molecule has 0 aliphatic heterocycles. The van der Waals surface area contributed by atoms with Crippen LogP contribution >= 0.6 is 0 Å². The summed E-state index contributed by atoms with van der Waals surface area (Å²) in [7, 11) is 1.87. The Morgan fingerprint density at radius 1 is 1.40 bits per heavy atom. The lowest BCUT2D eigenvalue weighted by Gasteiger charge is -2.12. The van der Waals surface area contributed by atoms with Crippen LogP contribution < -0.4 is 5.32 Å². The van der Waals surface area contributed by atoms with Crippen LogP contribution in [0.3, 0.4) is 0 Å². The zero-order chi connectivity index (χ0) is 14.7. The summed E-state index contributed by atoms with van der Waals surface area (Å²) in [6, 6.07) is 8.10. The number of aryl methyl sites for hydroxylation is 1. The molecule has 0 aliphatic rings. The number of aromatic nitrogens is 1. The number of nitrogens with one attached hydrogen (secondary N) is 1. The average molecular weight is 274 g/mol. The predicted octanol–water partition coefficient (Wildman–Crippen LogP) is 1.50. The molecule has 20 heavy (non-hydrogen) atoms. The van der Waals surface area contributed by atoms with E-state index in [9.17, 15) is 15.0 Å². The van der Waals surface area contributed by atoms with E-state index >= 15 is 0 Å². The van der Waals surface area contributed by atoms with Crippen molar-refractivity contribution in [3.63, 3.8) is 0 Å². The lowest BCUT2D eigenvalue weighted by Crippen LogP contribution is -2.28. The summed E-state index contributed by atoms with van der Waals surface area (Å²) in [4.78, 5) is 12.0. The Labute approximate surface area is 117 Å². The van der Waals surface area contributed by atoms with Gasteiger partial charge < -0.3 is 20.1 Å². The number of carbonyl (C=O) groups is 1. The maximum absolute atomic E-state index is 12.0. The van der Waals surface area contributed by atoms with Gasteiger partial charge in [-0.05, 0) is 30.7 Å². The fraction of sp³-hybridized carbons (Fsp3) is 0.267. The van der Waals surface area contributed by atoms with Crippen LogP contribution in [0.4, 0.5) is 0 Å². The first-order valence-electron chi connectivity index (χ1n) is 6.36. The summed E-state index contributed by atoms with van der Waals surface area (Å²) in [5.74, 6) is -0.130. The van der Waals surface area contributed by atoms with Crippen LogP contribution in [0.5, 0.6) is 5.75 Å². The number of hydrogen-bond acceptors (Lipinski definition) is 3. The van der Waals surface area contributed by atoms with Crippen LogP contribution in [0.15, 0.2) is 36.5 Å². The van der Waals surface area contributed by atoms with Crippen LogP contribution in [-0.4, -0.2) is 27.2 Å². The van der Waals surface area contributed by atoms with Gasteiger partial charge in [0.05, 0.1) is 11.7 Å². The van der Waals surface area contributed by atoms with Gasteiger partial charge in [-0.1, -0.05) is 12.1 Å². The highest BCUT2D eigenvalue weighted by atomic mass is 16.3. The third kappa shape index (κ3) is 3.00. The summed E-state index contributed by atoms with van der Waals surface area (Å²) >= 11 is 0. The van der Waals surface area contributed by atoms with E-state index in [0.29, 0.717) is 11.1 Å². The maximum Gasteiger partial charge on any atom is 0.253 e. The van der Waals surface area contributed by atoms with Gasteiger partial charge in [0.15, 0.2) is 0 Å². The van der Waals surface area contributed by atoms with E-state index in [4.69, 9.17) is 0 Å². The van der Waals surface area contributed by atoms with Crippen LogP contribution in [0, 0.1) is 6.92 Å². The van der Waals surface area contributed by atoms with Gasteiger partial charge >= 0.3 is 0 Å². The van der Waals surface area contributed by atoms with Crippen molar-refractivity contribution in [1.29, 1.82) is 0 Å². The molecule has 1 atom stereocenters. The molecule has 5 heteroatoms. The molecule has 0 aliphatic carbocycles. The lowest BCUT2D eigenvalue weighted by molar-refractivity contribution is 0.0915. The number of hydrogen-bond donors (Lipinski definition) is 3. The highest BCUT2D eigenvalue weighted by molar-refractivity contribution is 5.95. The van der Waals surface area contributed by atoms with E-state index in [-0.39, 0.29) is 18.2 Å². The number of carbonyl (C=O) groups excluding carboxylic acids is 1. The van der Waals surface area contributed by atoms with Gasteiger partial charge in [0.25, 0.3) is 5.91 Å². The van der Waals surface area contributed by atoms with Gasteiger partial charge in [0.1, 0.15) is 5.75 Å². The molecule has 1 aromatic carbocycles. The second-order valence-corrected chi connectivity index (χ2v) is 4.75. The molecule has 0 fully saturated rings. The Morgan fingerprint density at radius 3 is 2.75 bits per heavy atom. The van der Waals surface area contributed by atoms with Crippen molar-refractivity contribution in [2.75, 3.05) is 6.54 Å². The molecule has 106 valence electrons. The monoisotopic (exact) mass is 274 g/mol. The standard InChI is InChI=1S/C15H18N2O3/c1-10-13(6-7-17(10)2)15(20)16-9-14(19)11-4-3-5-12(18)8-11/h3-8,14,18-19H,9H2,1-2H3,(H,16,20)/t14-/m0/s1. The van der Waals surface area contributed by atoms with Gasteiger partial charge in [0, 0.05) is 25.5 Å². The summed E-state index contributed by atoms with van der Waals surface area (Å²) in [6.45, 7) is 1.96. The minimum Gasteiger partial charge on any atom is -0.508 e. The Morgan fingerprint density at radius 2 is 2.15 bits per heavy atom. The minimum atomic E-state index is -0.852. The molecule has 1 amide bonds. The van der Waals surface area contributed by atoms with Gasteiger partial charge in [-0.3, -0.25) is 4.79 Å². The fourth-order valence-corrected chi connectivity index (χ4v) is 1.98. The van der Waals surface area contributed by atoms with Gasteiger partial charge in [-0.2, -0.15) is 0 Å². The van der Waals surface area contributed by atoms with Crippen molar-refractivity contribution in [2.24, 2.45) is 7.05 Å². The van der Waals surface area contributed by atoms with Crippen LogP contribution in [0.25, 0.3) is 0 Å². The number of phenols is 1. The molecule has 5 nitrogen and oxygen atoms in total. The van der Waals surface area contributed by atoms with Crippen molar-refractivity contribution < 1.29 is 15.0 Å². The number of aliphatic hydroxyl groups is 1. The Kier molecular flexibility index (Phi) is 4.10. The molecule has 1 aromatic heterocycles. The Bertz CT molecular complexity index is 619. The van der Waals surface area contributed by atoms with E-state index in [0.717, 1.165) is 5.69 Å². The van der Waals surface area contributed by atoms with Crippen molar-refractivity contribution in [2.45, 2.75) is 13.0 Å². The number of aromatic hydroxyl groups is 1. The fourth-order valence-electron chi connectivity index (χ4n) is 1.98. The number of amides is 1. The van der Waals surface area contributed by atoms with Crippen molar-refractivity contribution in [3.05, 3.63) is 53.3 Å². The molecular formula is C15H18N2O3. The van der Waals surface area contributed by atoms with Gasteiger partial charge in [-0.15, -0.1) is 0 Å². The maximum atomic E-state index is 12.0. The van der Waals surface area contributed by atoms with Crippen LogP contribution in [0.2, 0.25) is 0 Å². The normalized spacial score (nSPS) is 12.2. The smallest absolute Gasteiger partial charge is 0.253 e. The molecule has 0 radical (unpaired) electrons. The molecule has 0 spiro atoms. The summed E-state index contributed by atoms with van der Waals surface area (Å²) < 4.78 is 1.86. The predicted molar refractivity (Wildman–Crippen MR) is 75.5 cm³/mol. The molecular weight excluding hydrogens is 256 g/mol. The summed E-state index contributed by atoms with van der Waals surface area (Å²) in [5.41, 5.74) is 2.03. The molecule has 1 heterocycles. The molecule has 0 saturated heterocycles. The first-order valence-corrected chi connectivity index (χ1v) is 6.36. The second-order valence-electron chi connectivity index (χ2n) is 4.75. The van der Waals surface area contributed by atoms with Crippen molar-refractivity contribution in [3.8, 4) is 5.75 Å². The number of phenolic OH excluding ortho intramolecular Hbond substituents is 1. The van der Waals surface area contributed by atoms with Crippen molar-refractivity contribution >= 4 is 5.91 Å². The highest BCUT2D eigenvalue weighted by Crippen LogP contribution is 2.17. The summed E-state index contributed by atoms with van der Waals surface area (Å²) in [5, 5.41) is 22.0. The number of aliphatic hydroxyl groups excluding tert-OH is 1. The first-order chi connectivity index (χ1) is 9.49. The lowest BCUT2D eigenvalue weighted by atomic mass is 10.1. The quantitative estimate of drug-likeness (QED) is 0.791. The highest BCUT2D eigenvalue weighted by Gasteiger charge is 2.14. The Balaban J connectivity index is 1.98. The molecule has 2 rings (SSSR count). The molecule has 2 aromatic rings. The van der Waals surface area contributed by atoms with Gasteiger partial charge in [0.2, 0.25) is 0 Å². The topological polar surface area (TPSA) is 74.5 Å². The van der Waals surface area contributed by atoms with E-state index in [1.54, 1.807) is 18.2 Å². The Hall–Kier alpha value is -2.27. The third-order valence-corrected chi connectivity index (χ3v) is 3.34. The van der Waals surface area contributed by atoms with E-state index in [1.165, 1.54) is 12.1 Å². The average Bonchev–Trinajstić information content (AvgIpc) is 2.76. The zero-order valence-corrected chi connectivity index (χ0v) is 11.5. The number of rotatable bonds is 4. The zero-order valence-electron chi connectivity index (χ0n) is 11.5. The SMILES string of the molecule is Cc1c(C(=O)NC[C@H](O)c2cccc(O)c2)ccn1C. The summed E-state index contributed by atoms with van der Waals surface area (Å²) in [6.07, 6.45) is 0.964. The van der Waals surface area contributed by atoms with E-state index in [2.05, 4.69) is 5.32 Å². The third-order valence-electron chi connectivity index (χ3n) is 3.34. The molecule has 0 saturated carbocycles. The first kappa shape index (κ1) is 14.1.